The van der Waals surface area contributed by atoms with E-state index in [0.717, 1.165) is 18.7 Å². The lowest BCUT2D eigenvalue weighted by Gasteiger charge is -2.32. The van der Waals surface area contributed by atoms with Gasteiger partial charge in [-0.2, -0.15) is 0 Å². The molecule has 2 rings (SSSR count). The SMILES string of the molecule is COc1ccc(CN2C(OC)C(C)(C)C[C@H]2CO)cc1. The third kappa shape index (κ3) is 2.97. The van der Waals surface area contributed by atoms with Crippen molar-refractivity contribution in [2.24, 2.45) is 5.41 Å². The number of methoxy groups -OCH3 is 2. The van der Waals surface area contributed by atoms with E-state index in [4.69, 9.17) is 9.47 Å². The molecule has 1 aromatic carbocycles. The van der Waals surface area contributed by atoms with Crippen molar-refractivity contribution in [2.75, 3.05) is 20.8 Å². The smallest absolute Gasteiger partial charge is 0.118 e. The van der Waals surface area contributed by atoms with Crippen LogP contribution in [-0.4, -0.2) is 43.1 Å². The van der Waals surface area contributed by atoms with Gasteiger partial charge in [0.25, 0.3) is 0 Å². The Labute approximate surface area is 121 Å². The second-order valence-electron chi connectivity index (χ2n) is 6.14. The summed E-state index contributed by atoms with van der Waals surface area (Å²) in [7, 11) is 3.41. The van der Waals surface area contributed by atoms with Crippen LogP contribution < -0.4 is 4.74 Å². The van der Waals surface area contributed by atoms with Crippen LogP contribution in [0, 0.1) is 5.41 Å². The quantitative estimate of drug-likeness (QED) is 0.897. The third-order valence-corrected chi connectivity index (χ3v) is 4.16. The molecule has 4 nitrogen and oxygen atoms in total. The molecule has 112 valence electrons. The van der Waals surface area contributed by atoms with E-state index < -0.39 is 0 Å². The normalized spacial score (nSPS) is 25.9. The molecule has 0 bridgehead atoms. The zero-order valence-corrected chi connectivity index (χ0v) is 12.8. The molecular weight excluding hydrogens is 254 g/mol. The van der Waals surface area contributed by atoms with E-state index in [1.54, 1.807) is 14.2 Å². The van der Waals surface area contributed by atoms with Crippen molar-refractivity contribution in [3.63, 3.8) is 0 Å². The summed E-state index contributed by atoms with van der Waals surface area (Å²) in [6.07, 6.45) is 0.972. The van der Waals surface area contributed by atoms with Crippen LogP contribution in [0.3, 0.4) is 0 Å². The molecule has 20 heavy (non-hydrogen) atoms. The van der Waals surface area contributed by atoms with Gasteiger partial charge >= 0.3 is 0 Å². The highest BCUT2D eigenvalue weighted by molar-refractivity contribution is 5.27. The number of aliphatic hydroxyl groups is 1. The Morgan fingerprint density at radius 3 is 2.40 bits per heavy atom. The Morgan fingerprint density at radius 2 is 1.90 bits per heavy atom. The number of nitrogens with zero attached hydrogens (tertiary/aromatic N) is 1. The first kappa shape index (κ1) is 15.3. The average Bonchev–Trinajstić information content (AvgIpc) is 2.69. The van der Waals surface area contributed by atoms with Gasteiger partial charge in [0.2, 0.25) is 0 Å². The van der Waals surface area contributed by atoms with Gasteiger partial charge in [0, 0.05) is 25.1 Å². The fourth-order valence-electron chi connectivity index (χ4n) is 3.24. The van der Waals surface area contributed by atoms with Gasteiger partial charge in [-0.25, -0.2) is 0 Å². The lowest BCUT2D eigenvalue weighted by molar-refractivity contribution is -0.0753. The molecule has 1 saturated heterocycles. The molecule has 0 spiro atoms. The summed E-state index contributed by atoms with van der Waals surface area (Å²) in [5.74, 6) is 0.859. The maximum atomic E-state index is 9.62. The molecule has 0 saturated carbocycles. The van der Waals surface area contributed by atoms with E-state index in [1.807, 2.05) is 12.1 Å². The lowest BCUT2D eigenvalue weighted by Crippen LogP contribution is -2.41. The number of likely N-dealkylation sites (tertiary alicyclic amines) is 1. The van der Waals surface area contributed by atoms with Crippen molar-refractivity contribution in [1.82, 2.24) is 4.90 Å². The van der Waals surface area contributed by atoms with Crippen LogP contribution in [0.4, 0.5) is 0 Å². The van der Waals surface area contributed by atoms with E-state index >= 15 is 0 Å². The van der Waals surface area contributed by atoms with Crippen LogP contribution in [0.15, 0.2) is 24.3 Å². The van der Waals surface area contributed by atoms with Gasteiger partial charge in [0.05, 0.1) is 13.7 Å². The predicted molar refractivity (Wildman–Crippen MR) is 78.6 cm³/mol. The molecule has 4 heteroatoms. The maximum absolute atomic E-state index is 9.62. The first-order chi connectivity index (χ1) is 9.51. The molecule has 1 aliphatic heterocycles. The topological polar surface area (TPSA) is 41.9 Å². The molecule has 0 amide bonds. The number of benzene rings is 1. The lowest BCUT2D eigenvalue weighted by atomic mass is 9.89. The van der Waals surface area contributed by atoms with Crippen molar-refractivity contribution >= 4 is 0 Å². The van der Waals surface area contributed by atoms with Gasteiger partial charge in [0.15, 0.2) is 0 Å². The fraction of sp³-hybridized carbons (Fsp3) is 0.625. The molecule has 1 aromatic rings. The summed E-state index contributed by atoms with van der Waals surface area (Å²) in [6.45, 7) is 5.33. The van der Waals surface area contributed by atoms with Crippen LogP contribution in [-0.2, 0) is 11.3 Å². The van der Waals surface area contributed by atoms with Crippen LogP contribution in [0.5, 0.6) is 5.75 Å². The average molecular weight is 279 g/mol. The molecule has 1 unspecified atom stereocenters. The highest BCUT2D eigenvalue weighted by atomic mass is 16.5. The standard InChI is InChI=1S/C16H25NO3/c1-16(2)9-13(11-18)17(15(16)20-4)10-12-5-7-14(19-3)8-6-12/h5-8,13,15,18H,9-11H2,1-4H3/t13-,15?/m0/s1. The maximum Gasteiger partial charge on any atom is 0.118 e. The monoisotopic (exact) mass is 279 g/mol. The van der Waals surface area contributed by atoms with Gasteiger partial charge in [-0.15, -0.1) is 0 Å². The van der Waals surface area contributed by atoms with Gasteiger partial charge < -0.3 is 14.6 Å². The Balaban J connectivity index is 2.16. The van der Waals surface area contributed by atoms with Gasteiger partial charge in [0.1, 0.15) is 12.0 Å². The first-order valence-corrected chi connectivity index (χ1v) is 7.04. The van der Waals surface area contributed by atoms with Crippen LogP contribution in [0.2, 0.25) is 0 Å². The summed E-state index contributed by atoms with van der Waals surface area (Å²) in [5, 5.41) is 9.62. The molecule has 1 aliphatic rings. The summed E-state index contributed by atoms with van der Waals surface area (Å²) in [6, 6.07) is 8.20. The minimum Gasteiger partial charge on any atom is -0.497 e. The van der Waals surface area contributed by atoms with Crippen molar-refractivity contribution in [1.29, 1.82) is 0 Å². The Bertz CT molecular complexity index is 430. The van der Waals surface area contributed by atoms with E-state index in [1.165, 1.54) is 5.56 Å². The van der Waals surface area contributed by atoms with E-state index in [9.17, 15) is 5.11 Å². The molecule has 0 aliphatic carbocycles. The second kappa shape index (κ2) is 6.12. The summed E-state index contributed by atoms with van der Waals surface area (Å²) in [5.41, 5.74) is 1.25. The molecular formula is C16H25NO3. The largest absolute Gasteiger partial charge is 0.497 e. The Kier molecular flexibility index (Phi) is 4.68. The minimum atomic E-state index is 0.0294. The molecule has 0 aromatic heterocycles. The molecule has 1 N–H and O–H groups in total. The van der Waals surface area contributed by atoms with E-state index in [-0.39, 0.29) is 24.3 Å². The van der Waals surface area contributed by atoms with Crippen LogP contribution in [0.25, 0.3) is 0 Å². The zero-order chi connectivity index (χ0) is 14.8. The highest BCUT2D eigenvalue weighted by Gasteiger charge is 2.46. The molecule has 1 fully saturated rings. The van der Waals surface area contributed by atoms with Crippen LogP contribution in [0.1, 0.15) is 25.8 Å². The van der Waals surface area contributed by atoms with Crippen LogP contribution >= 0.6 is 0 Å². The van der Waals surface area contributed by atoms with E-state index in [2.05, 4.69) is 30.9 Å². The molecule has 2 atom stereocenters. The Morgan fingerprint density at radius 1 is 1.25 bits per heavy atom. The van der Waals surface area contributed by atoms with Crippen molar-refractivity contribution in [3.8, 4) is 5.75 Å². The second-order valence-corrected chi connectivity index (χ2v) is 6.14. The minimum absolute atomic E-state index is 0.0294. The number of hydrogen-bond acceptors (Lipinski definition) is 4. The molecule has 1 heterocycles. The first-order valence-electron chi connectivity index (χ1n) is 7.04. The van der Waals surface area contributed by atoms with E-state index in [0.29, 0.717) is 0 Å². The zero-order valence-electron chi connectivity index (χ0n) is 12.8. The van der Waals surface area contributed by atoms with Gasteiger partial charge in [-0.3, -0.25) is 4.90 Å². The summed E-state index contributed by atoms with van der Waals surface area (Å²) >= 11 is 0. The van der Waals surface area contributed by atoms with Gasteiger partial charge in [-0.1, -0.05) is 26.0 Å². The fourth-order valence-corrected chi connectivity index (χ4v) is 3.24. The molecule has 0 radical (unpaired) electrons. The number of ether oxygens (including phenoxy) is 2. The summed E-state index contributed by atoms with van der Waals surface area (Å²) < 4.78 is 10.9. The summed E-state index contributed by atoms with van der Waals surface area (Å²) in [4.78, 5) is 2.25. The number of hydrogen-bond donors (Lipinski definition) is 1. The van der Waals surface area contributed by atoms with Crippen molar-refractivity contribution < 1.29 is 14.6 Å². The number of aliphatic hydroxyl groups excluding tert-OH is 1. The van der Waals surface area contributed by atoms with Gasteiger partial charge in [-0.05, 0) is 24.1 Å². The van der Waals surface area contributed by atoms with Crippen molar-refractivity contribution in [3.05, 3.63) is 29.8 Å². The van der Waals surface area contributed by atoms with Crippen molar-refractivity contribution in [2.45, 2.75) is 39.1 Å². The Hall–Kier alpha value is -1.10. The number of rotatable bonds is 5. The highest BCUT2D eigenvalue weighted by Crippen LogP contribution is 2.41. The third-order valence-electron chi connectivity index (χ3n) is 4.16. The predicted octanol–water partition coefficient (Wildman–Crippen LogP) is 2.26.